The van der Waals surface area contributed by atoms with Gasteiger partial charge in [-0.2, -0.15) is 0 Å². The van der Waals surface area contributed by atoms with Crippen molar-refractivity contribution in [2.24, 2.45) is 0 Å². The minimum atomic E-state index is -0.661. The van der Waals surface area contributed by atoms with Crippen molar-refractivity contribution in [2.75, 3.05) is 14.2 Å². The maximum atomic E-state index is 10.2. The molecule has 88 valence electrons. The van der Waals surface area contributed by atoms with E-state index in [0.717, 1.165) is 28.4 Å². The molecular formula is C12H15BrO3. The lowest BCUT2D eigenvalue weighted by molar-refractivity contribution is 0.150. The number of hydrogen-bond acceptors (Lipinski definition) is 3. The first-order chi connectivity index (χ1) is 7.53. The topological polar surface area (TPSA) is 38.7 Å². The number of ether oxygens (including phenoxy) is 2. The van der Waals surface area contributed by atoms with E-state index in [1.165, 1.54) is 0 Å². The Labute approximate surface area is 104 Å². The van der Waals surface area contributed by atoms with Crippen LogP contribution < -0.4 is 9.47 Å². The van der Waals surface area contributed by atoms with Crippen LogP contribution in [0.2, 0.25) is 0 Å². The van der Waals surface area contributed by atoms with Gasteiger partial charge in [-0.25, -0.2) is 0 Å². The molecule has 1 aliphatic carbocycles. The lowest BCUT2D eigenvalue weighted by Gasteiger charge is -2.18. The van der Waals surface area contributed by atoms with E-state index in [1.54, 1.807) is 14.2 Å². The van der Waals surface area contributed by atoms with Crippen molar-refractivity contribution in [3.63, 3.8) is 0 Å². The first-order valence-corrected chi connectivity index (χ1v) is 5.96. The van der Waals surface area contributed by atoms with Crippen molar-refractivity contribution in [1.82, 2.24) is 0 Å². The third-order valence-corrected chi connectivity index (χ3v) is 3.66. The normalized spacial score (nSPS) is 17.1. The van der Waals surface area contributed by atoms with Crippen molar-refractivity contribution in [3.05, 3.63) is 21.7 Å². The molecule has 4 heteroatoms. The summed E-state index contributed by atoms with van der Waals surface area (Å²) in [6.45, 7) is 1.94. The van der Waals surface area contributed by atoms with E-state index >= 15 is 0 Å². The molecule has 1 aromatic carbocycles. The number of benzene rings is 1. The molecule has 0 radical (unpaired) electrons. The zero-order chi connectivity index (χ0) is 11.9. The summed E-state index contributed by atoms with van der Waals surface area (Å²) in [5.41, 5.74) is 1.21. The molecule has 1 saturated carbocycles. The van der Waals surface area contributed by atoms with Gasteiger partial charge in [-0.1, -0.05) is 0 Å². The summed E-state index contributed by atoms with van der Waals surface area (Å²) in [6.07, 6.45) is 1.63. The molecule has 2 rings (SSSR count). The maximum Gasteiger partial charge on any atom is 0.175 e. The third-order valence-electron chi connectivity index (χ3n) is 3.07. The summed E-state index contributed by atoms with van der Waals surface area (Å²) >= 11 is 3.44. The van der Waals surface area contributed by atoms with Crippen LogP contribution in [0.4, 0.5) is 0 Å². The lowest BCUT2D eigenvalue weighted by Crippen LogP contribution is -2.09. The largest absolute Gasteiger partial charge is 0.493 e. The zero-order valence-corrected chi connectivity index (χ0v) is 11.2. The van der Waals surface area contributed by atoms with Crippen molar-refractivity contribution in [2.45, 2.75) is 25.4 Å². The van der Waals surface area contributed by atoms with Gasteiger partial charge in [0.2, 0.25) is 0 Å². The minimum Gasteiger partial charge on any atom is -0.493 e. The predicted molar refractivity (Wildman–Crippen MR) is 65.1 cm³/mol. The van der Waals surface area contributed by atoms with Crippen molar-refractivity contribution < 1.29 is 14.6 Å². The third kappa shape index (κ3) is 1.70. The van der Waals surface area contributed by atoms with Crippen LogP contribution in [0.15, 0.2) is 10.5 Å². The highest BCUT2D eigenvalue weighted by atomic mass is 79.9. The Morgan fingerprint density at radius 2 is 1.81 bits per heavy atom. The Hall–Kier alpha value is -0.740. The highest BCUT2D eigenvalue weighted by molar-refractivity contribution is 9.10. The molecule has 3 nitrogen and oxygen atoms in total. The molecule has 0 amide bonds. The van der Waals surface area contributed by atoms with E-state index in [1.807, 2.05) is 13.0 Å². The Kier molecular flexibility index (Phi) is 2.88. The van der Waals surface area contributed by atoms with E-state index in [9.17, 15) is 5.11 Å². The number of rotatable bonds is 3. The molecule has 0 unspecified atom stereocenters. The second-order valence-electron chi connectivity index (χ2n) is 4.13. The number of halogens is 1. The number of hydrogen-bond donors (Lipinski definition) is 1. The van der Waals surface area contributed by atoms with Crippen LogP contribution >= 0.6 is 15.9 Å². The van der Waals surface area contributed by atoms with Gasteiger partial charge in [0.25, 0.3) is 0 Å². The molecule has 1 fully saturated rings. The fourth-order valence-electron chi connectivity index (χ4n) is 2.01. The Morgan fingerprint density at radius 1 is 1.25 bits per heavy atom. The Bertz CT molecular complexity index is 425. The van der Waals surface area contributed by atoms with Gasteiger partial charge < -0.3 is 14.6 Å². The molecule has 0 heterocycles. The van der Waals surface area contributed by atoms with E-state index in [-0.39, 0.29) is 0 Å². The SMILES string of the molecule is COc1c(Br)cc(C2(O)CC2)c(C)c1OC. The Balaban J connectivity index is 2.61. The van der Waals surface area contributed by atoms with Crippen LogP contribution in [0.3, 0.4) is 0 Å². The van der Waals surface area contributed by atoms with Crippen LogP contribution in [0.1, 0.15) is 24.0 Å². The van der Waals surface area contributed by atoms with Gasteiger partial charge in [-0.3, -0.25) is 0 Å². The summed E-state index contributed by atoms with van der Waals surface area (Å²) < 4.78 is 11.4. The van der Waals surface area contributed by atoms with Gasteiger partial charge >= 0.3 is 0 Å². The quantitative estimate of drug-likeness (QED) is 0.929. The smallest absolute Gasteiger partial charge is 0.175 e. The fourth-order valence-corrected chi connectivity index (χ4v) is 2.58. The molecule has 0 spiro atoms. The standard InChI is InChI=1S/C12H15BrO3/c1-7-8(12(14)4-5-12)6-9(13)11(16-3)10(7)15-2/h6,14H,4-5H2,1-3H3. The average Bonchev–Trinajstić information content (AvgIpc) is 2.99. The van der Waals surface area contributed by atoms with Gasteiger partial charge in [0.05, 0.1) is 24.3 Å². The molecule has 0 saturated heterocycles. The van der Waals surface area contributed by atoms with Crippen LogP contribution in [-0.2, 0) is 5.60 Å². The zero-order valence-electron chi connectivity index (χ0n) is 9.63. The Morgan fingerprint density at radius 3 is 2.25 bits per heavy atom. The number of aliphatic hydroxyl groups is 1. The summed E-state index contributed by atoms with van der Waals surface area (Å²) in [5.74, 6) is 1.36. The molecule has 0 aromatic heterocycles. The highest BCUT2D eigenvalue weighted by Gasteiger charge is 2.44. The minimum absolute atomic E-state index is 0.661. The van der Waals surface area contributed by atoms with Gasteiger partial charge in [-0.15, -0.1) is 0 Å². The van der Waals surface area contributed by atoms with Crippen LogP contribution in [0, 0.1) is 6.92 Å². The predicted octanol–water partition coefficient (Wildman–Crippen LogP) is 2.76. The molecule has 0 atom stereocenters. The molecule has 1 N–H and O–H groups in total. The molecule has 16 heavy (non-hydrogen) atoms. The number of methoxy groups -OCH3 is 2. The van der Waals surface area contributed by atoms with Gasteiger partial charge in [0.1, 0.15) is 0 Å². The van der Waals surface area contributed by atoms with Crippen LogP contribution in [-0.4, -0.2) is 19.3 Å². The van der Waals surface area contributed by atoms with Gasteiger partial charge in [0, 0.05) is 5.56 Å². The summed E-state index contributed by atoms with van der Waals surface area (Å²) in [4.78, 5) is 0. The summed E-state index contributed by atoms with van der Waals surface area (Å²) in [6, 6.07) is 1.92. The first-order valence-electron chi connectivity index (χ1n) is 5.17. The van der Waals surface area contributed by atoms with E-state index in [2.05, 4.69) is 15.9 Å². The summed E-state index contributed by atoms with van der Waals surface area (Å²) in [7, 11) is 3.21. The van der Waals surface area contributed by atoms with Crippen LogP contribution in [0.25, 0.3) is 0 Å². The van der Waals surface area contributed by atoms with Crippen molar-refractivity contribution in [1.29, 1.82) is 0 Å². The van der Waals surface area contributed by atoms with E-state index in [0.29, 0.717) is 11.5 Å². The second kappa shape index (κ2) is 3.93. The molecule has 0 bridgehead atoms. The molecule has 1 aliphatic rings. The molecular weight excluding hydrogens is 272 g/mol. The fraction of sp³-hybridized carbons (Fsp3) is 0.500. The van der Waals surface area contributed by atoms with Crippen molar-refractivity contribution >= 4 is 15.9 Å². The highest BCUT2D eigenvalue weighted by Crippen LogP contribution is 2.51. The molecule has 0 aliphatic heterocycles. The average molecular weight is 287 g/mol. The first kappa shape index (κ1) is 11.7. The molecule has 1 aromatic rings. The van der Waals surface area contributed by atoms with E-state index < -0.39 is 5.60 Å². The lowest BCUT2D eigenvalue weighted by atomic mass is 10.0. The van der Waals surface area contributed by atoms with Crippen molar-refractivity contribution in [3.8, 4) is 11.5 Å². The maximum absolute atomic E-state index is 10.2. The van der Waals surface area contributed by atoms with Gasteiger partial charge in [-0.05, 0) is 47.3 Å². The van der Waals surface area contributed by atoms with Gasteiger partial charge in [0.15, 0.2) is 11.5 Å². The van der Waals surface area contributed by atoms with Crippen LogP contribution in [0.5, 0.6) is 11.5 Å². The second-order valence-corrected chi connectivity index (χ2v) is 4.98. The monoisotopic (exact) mass is 286 g/mol. The van der Waals surface area contributed by atoms with E-state index in [4.69, 9.17) is 9.47 Å². The summed E-state index contributed by atoms with van der Waals surface area (Å²) in [5, 5.41) is 10.2.